The molecule has 0 bridgehead atoms. The molecule has 0 fully saturated rings. The molecule has 12 heavy (non-hydrogen) atoms. The van der Waals surface area contributed by atoms with E-state index in [2.05, 4.69) is 11.9 Å². The van der Waals surface area contributed by atoms with Crippen LogP contribution in [0.2, 0.25) is 0 Å². The molecule has 3 nitrogen and oxygen atoms in total. The fourth-order valence-corrected chi connectivity index (χ4v) is 0.919. The number of carbonyl (C=O) groups excluding carboxylic acids is 1. The standard InChI is InChI=1S/C9H18N2O/c1-4-5-11-9(12)8(10)6-7(2)3/h4,7-8H,1,5-6,10H2,2-3H3,(H,11,12)/t8-/m1/s1. The maximum atomic E-state index is 11.2. The van der Waals surface area contributed by atoms with Crippen molar-refractivity contribution in [3.8, 4) is 0 Å². The molecule has 0 saturated heterocycles. The lowest BCUT2D eigenvalue weighted by molar-refractivity contribution is -0.122. The predicted molar refractivity (Wildman–Crippen MR) is 50.6 cm³/mol. The van der Waals surface area contributed by atoms with Crippen LogP contribution < -0.4 is 11.1 Å². The normalized spacial score (nSPS) is 12.7. The van der Waals surface area contributed by atoms with Crippen molar-refractivity contribution in [1.29, 1.82) is 0 Å². The number of hydrogen-bond acceptors (Lipinski definition) is 2. The lowest BCUT2D eigenvalue weighted by Gasteiger charge is -2.12. The smallest absolute Gasteiger partial charge is 0.237 e. The van der Waals surface area contributed by atoms with Gasteiger partial charge < -0.3 is 11.1 Å². The highest BCUT2D eigenvalue weighted by atomic mass is 16.2. The second-order valence-corrected chi connectivity index (χ2v) is 3.27. The first-order chi connectivity index (χ1) is 5.57. The van der Waals surface area contributed by atoms with Crippen molar-refractivity contribution in [3.05, 3.63) is 12.7 Å². The molecule has 1 amide bonds. The zero-order chi connectivity index (χ0) is 9.56. The maximum absolute atomic E-state index is 11.2. The van der Waals surface area contributed by atoms with E-state index in [1.54, 1.807) is 6.08 Å². The van der Waals surface area contributed by atoms with Crippen LogP contribution in [0.25, 0.3) is 0 Å². The third kappa shape index (κ3) is 4.91. The molecule has 3 N–H and O–H groups in total. The monoisotopic (exact) mass is 170 g/mol. The fraction of sp³-hybridized carbons (Fsp3) is 0.667. The molecule has 0 radical (unpaired) electrons. The van der Waals surface area contributed by atoms with Crippen LogP contribution >= 0.6 is 0 Å². The summed E-state index contributed by atoms with van der Waals surface area (Å²) >= 11 is 0. The highest BCUT2D eigenvalue weighted by molar-refractivity contribution is 5.81. The molecular weight excluding hydrogens is 152 g/mol. The number of nitrogens with one attached hydrogen (secondary N) is 1. The van der Waals surface area contributed by atoms with Crippen molar-refractivity contribution >= 4 is 5.91 Å². The van der Waals surface area contributed by atoms with Gasteiger partial charge in [0, 0.05) is 6.54 Å². The van der Waals surface area contributed by atoms with Crippen LogP contribution in [-0.4, -0.2) is 18.5 Å². The Morgan fingerprint density at radius 2 is 2.25 bits per heavy atom. The van der Waals surface area contributed by atoms with Crippen molar-refractivity contribution in [1.82, 2.24) is 5.32 Å². The molecule has 0 aliphatic heterocycles. The number of carbonyl (C=O) groups is 1. The highest BCUT2D eigenvalue weighted by Gasteiger charge is 2.13. The number of nitrogens with two attached hydrogens (primary N) is 1. The van der Waals surface area contributed by atoms with Gasteiger partial charge in [0.25, 0.3) is 0 Å². The Balaban J connectivity index is 3.68. The Labute approximate surface area is 74.0 Å². The SMILES string of the molecule is C=CCNC(=O)[C@H](N)CC(C)C. The summed E-state index contributed by atoms with van der Waals surface area (Å²) in [6.45, 7) is 8.07. The van der Waals surface area contributed by atoms with Crippen LogP contribution in [0.4, 0.5) is 0 Å². The van der Waals surface area contributed by atoms with Crippen LogP contribution in [0.5, 0.6) is 0 Å². The number of amides is 1. The van der Waals surface area contributed by atoms with Crippen LogP contribution in [-0.2, 0) is 4.79 Å². The van der Waals surface area contributed by atoms with Crippen molar-refractivity contribution in [2.45, 2.75) is 26.3 Å². The van der Waals surface area contributed by atoms with Gasteiger partial charge in [0.2, 0.25) is 5.91 Å². The molecule has 0 aromatic carbocycles. The zero-order valence-electron chi connectivity index (χ0n) is 7.84. The van der Waals surface area contributed by atoms with E-state index >= 15 is 0 Å². The minimum Gasteiger partial charge on any atom is -0.351 e. The van der Waals surface area contributed by atoms with Gasteiger partial charge in [-0.3, -0.25) is 4.79 Å². The highest BCUT2D eigenvalue weighted by Crippen LogP contribution is 2.01. The summed E-state index contributed by atoms with van der Waals surface area (Å²) in [7, 11) is 0. The molecule has 0 saturated carbocycles. The van der Waals surface area contributed by atoms with E-state index in [9.17, 15) is 4.79 Å². The van der Waals surface area contributed by atoms with Crippen LogP contribution in [0.3, 0.4) is 0 Å². The lowest BCUT2D eigenvalue weighted by Crippen LogP contribution is -2.41. The molecule has 0 rings (SSSR count). The van der Waals surface area contributed by atoms with E-state index < -0.39 is 0 Å². The Bertz CT molecular complexity index is 155. The lowest BCUT2D eigenvalue weighted by atomic mass is 10.0. The first kappa shape index (κ1) is 11.2. The zero-order valence-corrected chi connectivity index (χ0v) is 7.84. The third-order valence-corrected chi connectivity index (χ3v) is 1.48. The van der Waals surface area contributed by atoms with Crippen molar-refractivity contribution in [2.75, 3.05) is 6.54 Å². The van der Waals surface area contributed by atoms with Crippen LogP contribution in [0, 0.1) is 5.92 Å². The molecule has 0 aliphatic rings. The molecule has 0 aromatic rings. The van der Waals surface area contributed by atoms with Gasteiger partial charge in [0.1, 0.15) is 0 Å². The van der Waals surface area contributed by atoms with Gasteiger partial charge in [-0.25, -0.2) is 0 Å². The average Bonchev–Trinajstić information content (AvgIpc) is 1.98. The van der Waals surface area contributed by atoms with Gasteiger partial charge in [-0.05, 0) is 12.3 Å². The fourth-order valence-electron chi connectivity index (χ4n) is 0.919. The first-order valence-electron chi connectivity index (χ1n) is 4.22. The summed E-state index contributed by atoms with van der Waals surface area (Å²) in [5, 5.41) is 2.66. The molecule has 70 valence electrons. The Hall–Kier alpha value is -0.830. The second-order valence-electron chi connectivity index (χ2n) is 3.27. The van der Waals surface area contributed by atoms with E-state index in [1.165, 1.54) is 0 Å². The summed E-state index contributed by atoms with van der Waals surface area (Å²) in [4.78, 5) is 11.2. The van der Waals surface area contributed by atoms with Gasteiger partial charge in [-0.1, -0.05) is 19.9 Å². The van der Waals surface area contributed by atoms with E-state index in [0.29, 0.717) is 12.5 Å². The molecule has 0 aliphatic carbocycles. The summed E-state index contributed by atoms with van der Waals surface area (Å²) in [5.74, 6) is 0.359. The van der Waals surface area contributed by atoms with Crippen LogP contribution in [0.15, 0.2) is 12.7 Å². The maximum Gasteiger partial charge on any atom is 0.237 e. The number of rotatable bonds is 5. The van der Waals surface area contributed by atoms with E-state index in [-0.39, 0.29) is 11.9 Å². The van der Waals surface area contributed by atoms with Gasteiger partial charge in [-0.2, -0.15) is 0 Å². The molecule has 0 spiro atoms. The largest absolute Gasteiger partial charge is 0.351 e. The molecule has 0 heterocycles. The van der Waals surface area contributed by atoms with Gasteiger partial charge in [0.15, 0.2) is 0 Å². The Kier molecular flexibility index (Phi) is 5.37. The first-order valence-corrected chi connectivity index (χ1v) is 4.22. The quantitative estimate of drug-likeness (QED) is 0.596. The summed E-state index contributed by atoms with van der Waals surface area (Å²) < 4.78 is 0. The molecule has 0 unspecified atom stereocenters. The van der Waals surface area contributed by atoms with E-state index in [4.69, 9.17) is 5.73 Å². The van der Waals surface area contributed by atoms with Gasteiger partial charge in [-0.15, -0.1) is 6.58 Å². The molecule has 0 aromatic heterocycles. The minimum absolute atomic E-state index is 0.0939. The van der Waals surface area contributed by atoms with Gasteiger partial charge >= 0.3 is 0 Å². The summed E-state index contributed by atoms with van der Waals surface area (Å²) in [5.41, 5.74) is 5.61. The predicted octanol–water partition coefficient (Wildman–Crippen LogP) is 0.662. The third-order valence-electron chi connectivity index (χ3n) is 1.48. The second kappa shape index (κ2) is 5.77. The van der Waals surface area contributed by atoms with E-state index in [1.807, 2.05) is 13.8 Å². The van der Waals surface area contributed by atoms with Gasteiger partial charge in [0.05, 0.1) is 6.04 Å². The Morgan fingerprint density at radius 1 is 1.67 bits per heavy atom. The van der Waals surface area contributed by atoms with Crippen LogP contribution in [0.1, 0.15) is 20.3 Å². The van der Waals surface area contributed by atoms with Crippen molar-refractivity contribution in [2.24, 2.45) is 11.7 Å². The molecule has 1 atom stereocenters. The molecule has 3 heteroatoms. The Morgan fingerprint density at radius 3 is 2.67 bits per heavy atom. The van der Waals surface area contributed by atoms with Crippen molar-refractivity contribution < 1.29 is 4.79 Å². The minimum atomic E-state index is -0.384. The van der Waals surface area contributed by atoms with E-state index in [0.717, 1.165) is 6.42 Å². The summed E-state index contributed by atoms with van der Waals surface area (Å²) in [6, 6.07) is -0.384. The molecular formula is C9H18N2O. The number of hydrogen-bond donors (Lipinski definition) is 2. The topological polar surface area (TPSA) is 55.1 Å². The summed E-state index contributed by atoms with van der Waals surface area (Å²) in [6.07, 6.45) is 2.36. The average molecular weight is 170 g/mol. The van der Waals surface area contributed by atoms with Crippen molar-refractivity contribution in [3.63, 3.8) is 0 Å².